The summed E-state index contributed by atoms with van der Waals surface area (Å²) in [7, 11) is -3.32. The van der Waals surface area contributed by atoms with Gasteiger partial charge in [0, 0.05) is 32.4 Å². The molecule has 0 radical (unpaired) electrons. The van der Waals surface area contributed by atoms with Gasteiger partial charge in [0.2, 0.25) is 5.91 Å². The topological polar surface area (TPSA) is 117 Å². The summed E-state index contributed by atoms with van der Waals surface area (Å²) in [5.41, 5.74) is -0.0270. The largest absolute Gasteiger partial charge is 0.459 e. The number of hydrogen-bond acceptors (Lipinski definition) is 7. The minimum absolute atomic E-state index is 0.0270. The average Bonchev–Trinajstić information content (AvgIpc) is 3.52. The third kappa shape index (κ3) is 4.73. The number of thiophene rings is 1. The Morgan fingerprint density at radius 2 is 1.78 bits per heavy atom. The molecule has 4 heterocycles. The van der Waals surface area contributed by atoms with E-state index in [2.05, 4.69) is 5.32 Å². The minimum atomic E-state index is -3.32. The first-order valence-corrected chi connectivity index (χ1v) is 13.1. The van der Waals surface area contributed by atoms with Gasteiger partial charge in [-0.2, -0.15) is 0 Å². The number of likely N-dealkylation sites (tertiary alicyclic amines) is 2. The third-order valence-corrected chi connectivity index (χ3v) is 9.10. The Labute approximate surface area is 190 Å². The highest BCUT2D eigenvalue weighted by Crippen LogP contribution is 2.41. The second-order valence-corrected chi connectivity index (χ2v) is 11.7. The van der Waals surface area contributed by atoms with Gasteiger partial charge in [-0.15, -0.1) is 11.3 Å². The number of carbonyl (C=O) groups excluding carboxylic acids is 3. The molecule has 0 atom stereocenters. The average molecular weight is 480 g/mol. The lowest BCUT2D eigenvalue weighted by molar-refractivity contribution is -0.132. The molecule has 3 amide bonds. The van der Waals surface area contributed by atoms with E-state index in [-0.39, 0.29) is 33.7 Å². The van der Waals surface area contributed by atoms with Crippen molar-refractivity contribution in [2.45, 2.75) is 23.5 Å². The second kappa shape index (κ2) is 8.70. The molecule has 0 aliphatic carbocycles. The molecule has 0 saturated carbocycles. The molecule has 172 valence electrons. The summed E-state index contributed by atoms with van der Waals surface area (Å²) < 4.78 is 28.6. The van der Waals surface area contributed by atoms with Gasteiger partial charge in [0.1, 0.15) is 4.21 Å². The molecular weight excluding hydrogens is 454 g/mol. The summed E-state index contributed by atoms with van der Waals surface area (Å²) >= 11 is 1.01. The maximum Gasteiger partial charge on any atom is 0.287 e. The predicted molar refractivity (Wildman–Crippen MR) is 117 cm³/mol. The van der Waals surface area contributed by atoms with Crippen LogP contribution in [-0.2, 0) is 14.6 Å². The van der Waals surface area contributed by atoms with Crippen LogP contribution in [0.15, 0.2) is 39.2 Å². The van der Waals surface area contributed by atoms with E-state index >= 15 is 0 Å². The number of furan rings is 1. The summed E-state index contributed by atoms with van der Waals surface area (Å²) in [6, 6.07) is 6.20. The van der Waals surface area contributed by atoms with Crippen LogP contribution in [0.2, 0.25) is 0 Å². The number of carbonyl (C=O) groups is 3. The monoisotopic (exact) mass is 479 g/mol. The van der Waals surface area contributed by atoms with Crippen LogP contribution in [0.25, 0.3) is 0 Å². The molecule has 9 nitrogen and oxygen atoms in total. The Hall–Kier alpha value is -2.66. The Bertz CT molecular complexity index is 1110. The van der Waals surface area contributed by atoms with Crippen molar-refractivity contribution in [3.8, 4) is 0 Å². The first kappa shape index (κ1) is 22.5. The first-order valence-electron chi connectivity index (χ1n) is 10.4. The number of rotatable bonds is 5. The van der Waals surface area contributed by atoms with Gasteiger partial charge < -0.3 is 19.5 Å². The normalized spacial score (nSPS) is 18.2. The number of piperidine rings is 1. The zero-order chi connectivity index (χ0) is 22.9. The van der Waals surface area contributed by atoms with Crippen molar-refractivity contribution in [3.05, 3.63) is 41.2 Å². The van der Waals surface area contributed by atoms with Gasteiger partial charge in [-0.25, -0.2) is 8.42 Å². The number of nitrogens with zero attached hydrogens (tertiary/aromatic N) is 2. The fourth-order valence-electron chi connectivity index (χ4n) is 4.30. The zero-order valence-electron chi connectivity index (χ0n) is 17.7. The molecule has 4 rings (SSSR count). The quantitative estimate of drug-likeness (QED) is 0.697. The van der Waals surface area contributed by atoms with E-state index in [0.29, 0.717) is 31.1 Å². The number of hydrogen-bond donors (Lipinski definition) is 1. The highest BCUT2D eigenvalue weighted by atomic mass is 32.2. The molecular formula is C21H25N3O6S2. The smallest absolute Gasteiger partial charge is 0.287 e. The highest BCUT2D eigenvalue weighted by Gasteiger charge is 2.43. The lowest BCUT2D eigenvalue weighted by atomic mass is 9.78. The van der Waals surface area contributed by atoms with E-state index in [0.717, 1.165) is 36.9 Å². The van der Waals surface area contributed by atoms with Crippen LogP contribution in [0.1, 0.15) is 39.5 Å². The molecule has 1 spiro atoms. The van der Waals surface area contributed by atoms with E-state index in [1.807, 2.05) is 0 Å². The molecule has 32 heavy (non-hydrogen) atoms. The highest BCUT2D eigenvalue weighted by molar-refractivity contribution is 7.92. The van der Waals surface area contributed by atoms with Gasteiger partial charge >= 0.3 is 0 Å². The predicted octanol–water partition coefficient (Wildman–Crippen LogP) is 1.63. The Morgan fingerprint density at radius 3 is 2.38 bits per heavy atom. The standard InChI is InChI=1S/C21H25N3O6S2/c1-32(28,29)18-5-4-16(31-18)20(27)24-11-8-21(14-24)6-9-23(10-7-21)17(25)13-22-19(26)15-3-2-12-30-15/h2-5,12H,6-11,13-14H2,1H3,(H,22,26). The van der Waals surface area contributed by atoms with Crippen LogP contribution >= 0.6 is 11.3 Å². The van der Waals surface area contributed by atoms with Crippen molar-refractivity contribution in [1.29, 1.82) is 0 Å². The van der Waals surface area contributed by atoms with Crippen molar-refractivity contribution in [2.24, 2.45) is 5.41 Å². The van der Waals surface area contributed by atoms with Gasteiger partial charge in [-0.3, -0.25) is 14.4 Å². The van der Waals surface area contributed by atoms with E-state index in [1.54, 1.807) is 21.9 Å². The van der Waals surface area contributed by atoms with Crippen LogP contribution in [0.3, 0.4) is 0 Å². The molecule has 11 heteroatoms. The fourth-order valence-corrected chi connectivity index (χ4v) is 6.20. The maximum absolute atomic E-state index is 12.9. The van der Waals surface area contributed by atoms with Crippen molar-refractivity contribution in [1.82, 2.24) is 15.1 Å². The molecule has 0 unspecified atom stereocenters. The molecule has 2 aliphatic rings. The number of amides is 3. The minimum Gasteiger partial charge on any atom is -0.459 e. The van der Waals surface area contributed by atoms with Crippen LogP contribution in [0.4, 0.5) is 0 Å². The molecule has 2 aliphatic heterocycles. The van der Waals surface area contributed by atoms with E-state index < -0.39 is 15.7 Å². The molecule has 2 aromatic rings. The van der Waals surface area contributed by atoms with Gasteiger partial charge in [0.25, 0.3) is 11.8 Å². The van der Waals surface area contributed by atoms with E-state index in [4.69, 9.17) is 4.42 Å². The van der Waals surface area contributed by atoms with E-state index in [9.17, 15) is 22.8 Å². The molecule has 2 saturated heterocycles. The van der Waals surface area contributed by atoms with Gasteiger partial charge in [0.15, 0.2) is 15.6 Å². The second-order valence-electron chi connectivity index (χ2n) is 8.41. The summed E-state index contributed by atoms with van der Waals surface area (Å²) in [5, 5.41) is 2.58. The van der Waals surface area contributed by atoms with Crippen molar-refractivity contribution < 1.29 is 27.2 Å². The fraction of sp³-hybridized carbons (Fsp3) is 0.476. The van der Waals surface area contributed by atoms with Crippen LogP contribution in [0.5, 0.6) is 0 Å². The lowest BCUT2D eigenvalue weighted by Crippen LogP contribution is -2.47. The van der Waals surface area contributed by atoms with Gasteiger partial charge in [0.05, 0.1) is 17.7 Å². The molecule has 2 aromatic heterocycles. The SMILES string of the molecule is CS(=O)(=O)c1ccc(C(=O)N2CCC3(CCN(C(=O)CNC(=O)c4ccco4)CC3)C2)s1. The Balaban J connectivity index is 1.28. The van der Waals surface area contributed by atoms with Crippen LogP contribution in [0, 0.1) is 5.41 Å². The first-order chi connectivity index (χ1) is 15.2. The van der Waals surface area contributed by atoms with Gasteiger partial charge in [-0.05, 0) is 48.9 Å². The van der Waals surface area contributed by atoms with Crippen molar-refractivity contribution >= 4 is 38.9 Å². The third-order valence-electron chi connectivity index (χ3n) is 6.21. The zero-order valence-corrected chi connectivity index (χ0v) is 19.3. The van der Waals surface area contributed by atoms with Crippen LogP contribution < -0.4 is 5.32 Å². The summed E-state index contributed by atoms with van der Waals surface area (Å²) in [6.45, 7) is 2.30. The van der Waals surface area contributed by atoms with E-state index in [1.165, 1.54) is 18.4 Å². The summed E-state index contributed by atoms with van der Waals surface area (Å²) in [6.07, 6.45) is 4.97. The number of nitrogens with one attached hydrogen (secondary N) is 1. The van der Waals surface area contributed by atoms with Crippen molar-refractivity contribution in [3.63, 3.8) is 0 Å². The lowest BCUT2D eigenvalue weighted by Gasteiger charge is -2.39. The van der Waals surface area contributed by atoms with Gasteiger partial charge in [-0.1, -0.05) is 0 Å². The Kier molecular flexibility index (Phi) is 6.13. The van der Waals surface area contributed by atoms with Crippen molar-refractivity contribution in [2.75, 3.05) is 39.0 Å². The molecule has 0 aromatic carbocycles. The van der Waals surface area contributed by atoms with Crippen LogP contribution in [-0.4, -0.2) is 74.9 Å². The Morgan fingerprint density at radius 1 is 1.09 bits per heavy atom. The molecule has 2 fully saturated rings. The molecule has 1 N–H and O–H groups in total. The molecule has 0 bridgehead atoms. The number of sulfone groups is 1. The maximum atomic E-state index is 12.9. The summed E-state index contributed by atoms with van der Waals surface area (Å²) in [5.74, 6) is -0.534. The summed E-state index contributed by atoms with van der Waals surface area (Å²) in [4.78, 5) is 41.2.